The molecule has 1 aliphatic carbocycles. The van der Waals surface area contributed by atoms with Crippen LogP contribution in [-0.2, 0) is 20.2 Å². The van der Waals surface area contributed by atoms with Crippen LogP contribution in [-0.4, -0.2) is 16.6 Å². The lowest BCUT2D eigenvalue weighted by molar-refractivity contribution is -0.249. The third-order valence-electron chi connectivity index (χ3n) is 3.87. The quantitative estimate of drug-likeness (QED) is 0.929. The third kappa shape index (κ3) is 2.88. The Hall–Kier alpha value is -0.950. The second-order valence-corrected chi connectivity index (χ2v) is 6.02. The van der Waals surface area contributed by atoms with Gasteiger partial charge in [0.15, 0.2) is 0 Å². The maximum Gasteiger partial charge on any atom is 0.231 e. The first-order valence-electron chi connectivity index (χ1n) is 6.94. The van der Waals surface area contributed by atoms with Crippen LogP contribution in [0.5, 0.6) is 5.75 Å². The fourth-order valence-corrected chi connectivity index (χ4v) is 3.21. The Labute approximate surface area is 121 Å². The van der Waals surface area contributed by atoms with Crippen LogP contribution in [0.4, 0.5) is 0 Å². The third-order valence-corrected chi connectivity index (χ3v) is 4.24. The van der Waals surface area contributed by atoms with Gasteiger partial charge in [0, 0.05) is 18.4 Å². The van der Waals surface area contributed by atoms with E-state index in [1.807, 2.05) is 24.3 Å². The molecule has 1 unspecified atom stereocenters. The first-order valence-corrected chi connectivity index (χ1v) is 8.08. The molecule has 0 amide bonds. The molecular formula is C14H19NO4S. The first kappa shape index (κ1) is 14.0. The molecule has 1 heterocycles. The molecule has 0 radical (unpaired) electrons. The molecule has 2 aliphatic rings. The number of para-hydroxylation sites is 1. The summed E-state index contributed by atoms with van der Waals surface area (Å²) in [4.78, 5) is 0. The van der Waals surface area contributed by atoms with E-state index < -0.39 is 17.1 Å². The largest absolute Gasteiger partial charge is 0.462 e. The normalized spacial score (nSPS) is 25.8. The minimum Gasteiger partial charge on any atom is -0.462 e. The first-order chi connectivity index (χ1) is 9.69. The summed E-state index contributed by atoms with van der Waals surface area (Å²) < 4.78 is 28.3. The molecule has 1 aromatic rings. The Morgan fingerprint density at radius 1 is 1.30 bits per heavy atom. The van der Waals surface area contributed by atoms with Crippen molar-refractivity contribution >= 4 is 11.3 Å². The van der Waals surface area contributed by atoms with Crippen molar-refractivity contribution in [3.63, 3.8) is 0 Å². The average molecular weight is 297 g/mol. The molecular weight excluding hydrogens is 278 g/mol. The van der Waals surface area contributed by atoms with Gasteiger partial charge < -0.3 is 9.47 Å². The van der Waals surface area contributed by atoms with Crippen LogP contribution >= 0.6 is 0 Å². The number of benzene rings is 1. The molecule has 1 fully saturated rings. The van der Waals surface area contributed by atoms with Gasteiger partial charge in [0.25, 0.3) is 0 Å². The highest BCUT2D eigenvalue weighted by Crippen LogP contribution is 2.44. The SMILES string of the molecule is NS(=O)OC[C@H]1OC2(CCCCC2)Oc2ccccc21. The van der Waals surface area contributed by atoms with Crippen molar-refractivity contribution in [2.24, 2.45) is 5.14 Å². The molecule has 0 saturated heterocycles. The van der Waals surface area contributed by atoms with E-state index in [-0.39, 0.29) is 12.7 Å². The molecule has 3 rings (SSSR count). The summed E-state index contributed by atoms with van der Waals surface area (Å²) in [5.41, 5.74) is 0.925. The smallest absolute Gasteiger partial charge is 0.231 e. The molecule has 2 N–H and O–H groups in total. The molecule has 110 valence electrons. The average Bonchev–Trinajstić information content (AvgIpc) is 2.45. The van der Waals surface area contributed by atoms with Crippen molar-refractivity contribution in [1.82, 2.24) is 0 Å². The summed E-state index contributed by atoms with van der Waals surface area (Å²) in [5.74, 6) is 0.272. The zero-order valence-corrected chi connectivity index (χ0v) is 12.1. The fraction of sp³-hybridized carbons (Fsp3) is 0.571. The summed E-state index contributed by atoms with van der Waals surface area (Å²) in [6.07, 6.45) is 4.87. The van der Waals surface area contributed by atoms with E-state index in [0.29, 0.717) is 0 Å². The van der Waals surface area contributed by atoms with Crippen LogP contribution in [0.2, 0.25) is 0 Å². The van der Waals surface area contributed by atoms with Crippen molar-refractivity contribution in [3.8, 4) is 5.75 Å². The molecule has 1 saturated carbocycles. The number of ether oxygens (including phenoxy) is 2. The predicted octanol–water partition coefficient (Wildman–Crippen LogP) is 2.35. The van der Waals surface area contributed by atoms with Gasteiger partial charge >= 0.3 is 0 Å². The summed E-state index contributed by atoms with van der Waals surface area (Å²) in [6, 6.07) is 7.76. The maximum atomic E-state index is 10.9. The van der Waals surface area contributed by atoms with Crippen molar-refractivity contribution in [2.75, 3.05) is 6.61 Å². The number of nitrogens with two attached hydrogens (primary N) is 1. The lowest BCUT2D eigenvalue weighted by Crippen LogP contribution is -2.46. The molecule has 1 aliphatic heterocycles. The zero-order chi connectivity index (χ0) is 14.0. The number of hydrogen-bond donors (Lipinski definition) is 1. The van der Waals surface area contributed by atoms with Crippen LogP contribution in [0.3, 0.4) is 0 Å². The van der Waals surface area contributed by atoms with Crippen LogP contribution in [0.15, 0.2) is 24.3 Å². The van der Waals surface area contributed by atoms with Crippen LogP contribution in [0.25, 0.3) is 0 Å². The van der Waals surface area contributed by atoms with Gasteiger partial charge in [-0.05, 0) is 18.9 Å². The number of rotatable bonds is 3. The Kier molecular flexibility index (Phi) is 4.07. The topological polar surface area (TPSA) is 70.8 Å². The highest BCUT2D eigenvalue weighted by Gasteiger charge is 2.42. The van der Waals surface area contributed by atoms with Crippen molar-refractivity contribution < 1.29 is 17.9 Å². The predicted molar refractivity (Wildman–Crippen MR) is 75.0 cm³/mol. The molecule has 1 aromatic carbocycles. The standard InChI is InChI=1S/C14H19NO4S/c15-20(16)17-10-13-11-6-2-3-7-12(11)18-14(19-13)8-4-1-5-9-14/h2-3,6-7,13H,1,4-5,8-10,15H2/t13-,20?/m1/s1. The summed E-state index contributed by atoms with van der Waals surface area (Å²) in [6.45, 7) is 0.172. The minimum absolute atomic E-state index is 0.172. The molecule has 5 nitrogen and oxygen atoms in total. The summed E-state index contributed by atoms with van der Waals surface area (Å²) >= 11 is -1.78. The van der Waals surface area contributed by atoms with Gasteiger partial charge in [0.2, 0.25) is 17.1 Å². The second kappa shape index (κ2) is 5.81. The monoisotopic (exact) mass is 297 g/mol. The van der Waals surface area contributed by atoms with Gasteiger partial charge in [-0.1, -0.05) is 24.6 Å². The summed E-state index contributed by atoms with van der Waals surface area (Å²) in [5, 5.41) is 5.16. The lowest BCUT2D eigenvalue weighted by Gasteiger charge is -2.44. The van der Waals surface area contributed by atoms with Crippen LogP contribution < -0.4 is 9.88 Å². The number of fused-ring (bicyclic) bond motifs is 1. The molecule has 20 heavy (non-hydrogen) atoms. The van der Waals surface area contributed by atoms with Gasteiger partial charge in [0.1, 0.15) is 11.9 Å². The van der Waals surface area contributed by atoms with E-state index in [2.05, 4.69) is 0 Å². The van der Waals surface area contributed by atoms with E-state index in [1.165, 1.54) is 6.42 Å². The molecule has 1 spiro atoms. The van der Waals surface area contributed by atoms with E-state index in [4.69, 9.17) is 18.8 Å². The molecule has 0 bridgehead atoms. The van der Waals surface area contributed by atoms with Crippen LogP contribution in [0, 0.1) is 0 Å². The van der Waals surface area contributed by atoms with E-state index in [9.17, 15) is 4.21 Å². The van der Waals surface area contributed by atoms with Crippen molar-refractivity contribution in [2.45, 2.75) is 44.0 Å². The van der Waals surface area contributed by atoms with E-state index >= 15 is 0 Å². The zero-order valence-electron chi connectivity index (χ0n) is 11.2. The Morgan fingerprint density at radius 2 is 2.05 bits per heavy atom. The van der Waals surface area contributed by atoms with Gasteiger partial charge in [-0.3, -0.25) is 4.18 Å². The second-order valence-electron chi connectivity index (χ2n) is 5.26. The lowest BCUT2D eigenvalue weighted by atomic mass is 9.92. The van der Waals surface area contributed by atoms with Crippen molar-refractivity contribution in [1.29, 1.82) is 0 Å². The molecule has 0 aromatic heterocycles. The van der Waals surface area contributed by atoms with Gasteiger partial charge in [0.05, 0.1) is 6.61 Å². The Morgan fingerprint density at radius 3 is 2.80 bits per heavy atom. The summed E-state index contributed by atoms with van der Waals surface area (Å²) in [7, 11) is 0. The molecule has 6 heteroatoms. The maximum absolute atomic E-state index is 10.9. The van der Waals surface area contributed by atoms with Crippen molar-refractivity contribution in [3.05, 3.63) is 29.8 Å². The highest BCUT2D eigenvalue weighted by molar-refractivity contribution is 7.77. The van der Waals surface area contributed by atoms with E-state index in [0.717, 1.165) is 37.0 Å². The fourth-order valence-electron chi connectivity index (χ4n) is 2.95. The Bertz CT molecular complexity index is 502. The highest BCUT2D eigenvalue weighted by atomic mass is 32.2. The van der Waals surface area contributed by atoms with Gasteiger partial charge in [-0.25, -0.2) is 9.35 Å². The van der Waals surface area contributed by atoms with Gasteiger partial charge in [-0.15, -0.1) is 0 Å². The van der Waals surface area contributed by atoms with Gasteiger partial charge in [-0.2, -0.15) is 0 Å². The number of hydrogen-bond acceptors (Lipinski definition) is 4. The minimum atomic E-state index is -1.78. The van der Waals surface area contributed by atoms with E-state index in [1.54, 1.807) is 0 Å². The molecule has 2 atom stereocenters. The Balaban J connectivity index is 1.85. The van der Waals surface area contributed by atoms with Crippen LogP contribution in [0.1, 0.15) is 43.8 Å².